The normalized spacial score (nSPS) is 14.9. The van der Waals surface area contributed by atoms with Gasteiger partial charge < -0.3 is 10.6 Å². The van der Waals surface area contributed by atoms with E-state index in [0.717, 1.165) is 17.8 Å². The molecule has 0 bridgehead atoms. The molecule has 0 heterocycles. The standard InChI is InChI=1S/C13H19N3/c1-3-16(10-7-8-10)12-9(2)5-4-6-11(12)13(14)15/h4-6,10H,3,7-8H2,1-2H3,(H3,14,15). The molecule has 1 aromatic carbocycles. The van der Waals surface area contributed by atoms with Crippen LogP contribution in [-0.4, -0.2) is 18.4 Å². The minimum atomic E-state index is 0.165. The van der Waals surface area contributed by atoms with Crippen molar-refractivity contribution in [2.24, 2.45) is 5.73 Å². The molecule has 0 radical (unpaired) electrons. The Morgan fingerprint density at radius 3 is 2.69 bits per heavy atom. The molecule has 3 N–H and O–H groups in total. The number of amidine groups is 1. The Kier molecular flexibility index (Phi) is 2.86. The summed E-state index contributed by atoms with van der Waals surface area (Å²) in [5.74, 6) is 0.165. The molecule has 0 atom stereocenters. The Hall–Kier alpha value is -1.51. The third-order valence-electron chi connectivity index (χ3n) is 3.14. The molecular formula is C13H19N3. The zero-order chi connectivity index (χ0) is 11.7. The maximum Gasteiger partial charge on any atom is 0.124 e. The van der Waals surface area contributed by atoms with E-state index in [1.54, 1.807) is 0 Å². The van der Waals surface area contributed by atoms with Crippen LogP contribution in [0.4, 0.5) is 5.69 Å². The number of nitrogen functional groups attached to an aromatic ring is 1. The summed E-state index contributed by atoms with van der Waals surface area (Å²) in [5.41, 5.74) is 8.88. The Morgan fingerprint density at radius 1 is 1.50 bits per heavy atom. The van der Waals surface area contributed by atoms with Crippen LogP contribution in [0.15, 0.2) is 18.2 Å². The third-order valence-corrected chi connectivity index (χ3v) is 3.14. The largest absolute Gasteiger partial charge is 0.384 e. The van der Waals surface area contributed by atoms with E-state index in [-0.39, 0.29) is 5.84 Å². The van der Waals surface area contributed by atoms with Crippen molar-refractivity contribution in [1.29, 1.82) is 5.41 Å². The van der Waals surface area contributed by atoms with Gasteiger partial charge >= 0.3 is 0 Å². The van der Waals surface area contributed by atoms with Crippen LogP contribution < -0.4 is 10.6 Å². The lowest BCUT2D eigenvalue weighted by atomic mass is 10.1. The van der Waals surface area contributed by atoms with Crippen LogP contribution in [0.2, 0.25) is 0 Å². The molecule has 1 aliphatic rings. The summed E-state index contributed by atoms with van der Waals surface area (Å²) >= 11 is 0. The van der Waals surface area contributed by atoms with Crippen molar-refractivity contribution in [1.82, 2.24) is 0 Å². The van der Waals surface area contributed by atoms with E-state index in [4.69, 9.17) is 11.1 Å². The highest BCUT2D eigenvalue weighted by Crippen LogP contribution is 2.35. The van der Waals surface area contributed by atoms with E-state index in [2.05, 4.69) is 24.8 Å². The lowest BCUT2D eigenvalue weighted by molar-refractivity contribution is 0.821. The lowest BCUT2D eigenvalue weighted by Crippen LogP contribution is -2.29. The zero-order valence-electron chi connectivity index (χ0n) is 9.96. The van der Waals surface area contributed by atoms with Gasteiger partial charge in [-0.3, -0.25) is 5.41 Å². The SMILES string of the molecule is CCN(c1c(C)cccc1C(=N)N)C1CC1. The maximum absolute atomic E-state index is 7.65. The Balaban J connectivity index is 2.47. The lowest BCUT2D eigenvalue weighted by Gasteiger charge is -2.27. The van der Waals surface area contributed by atoms with Crippen molar-refractivity contribution >= 4 is 11.5 Å². The first-order valence-electron chi connectivity index (χ1n) is 5.85. The number of aryl methyl sites for hydroxylation is 1. The van der Waals surface area contributed by atoms with Crippen molar-refractivity contribution in [2.75, 3.05) is 11.4 Å². The second-order valence-electron chi connectivity index (χ2n) is 4.40. The molecule has 1 saturated carbocycles. The van der Waals surface area contributed by atoms with Gasteiger partial charge in [-0.15, -0.1) is 0 Å². The van der Waals surface area contributed by atoms with Gasteiger partial charge in [0, 0.05) is 18.2 Å². The van der Waals surface area contributed by atoms with Gasteiger partial charge in [0.2, 0.25) is 0 Å². The molecule has 1 fully saturated rings. The highest BCUT2D eigenvalue weighted by Gasteiger charge is 2.30. The summed E-state index contributed by atoms with van der Waals surface area (Å²) in [6.07, 6.45) is 2.53. The molecule has 16 heavy (non-hydrogen) atoms. The van der Waals surface area contributed by atoms with Crippen molar-refractivity contribution in [3.05, 3.63) is 29.3 Å². The summed E-state index contributed by atoms with van der Waals surface area (Å²) in [6.45, 7) is 5.23. The second-order valence-corrected chi connectivity index (χ2v) is 4.40. The maximum atomic E-state index is 7.65. The molecule has 86 valence electrons. The van der Waals surface area contributed by atoms with E-state index in [0.29, 0.717) is 6.04 Å². The topological polar surface area (TPSA) is 53.1 Å². The number of nitrogens with zero attached hydrogens (tertiary/aromatic N) is 1. The molecule has 2 rings (SSSR count). The van der Waals surface area contributed by atoms with Crippen molar-refractivity contribution < 1.29 is 0 Å². The van der Waals surface area contributed by atoms with Gasteiger partial charge in [0.1, 0.15) is 5.84 Å². The molecule has 0 amide bonds. The van der Waals surface area contributed by atoms with Crippen molar-refractivity contribution in [2.45, 2.75) is 32.7 Å². The fourth-order valence-electron chi connectivity index (χ4n) is 2.24. The summed E-state index contributed by atoms with van der Waals surface area (Å²) in [6, 6.07) is 6.66. The quantitative estimate of drug-likeness (QED) is 0.600. The van der Waals surface area contributed by atoms with E-state index in [1.165, 1.54) is 18.4 Å². The predicted molar refractivity (Wildman–Crippen MR) is 68.2 cm³/mol. The molecule has 0 unspecified atom stereocenters. The van der Waals surface area contributed by atoms with E-state index in [9.17, 15) is 0 Å². The molecule has 1 aliphatic carbocycles. The number of nitrogens with two attached hydrogens (primary N) is 1. The Morgan fingerprint density at radius 2 is 2.19 bits per heavy atom. The second kappa shape index (κ2) is 4.16. The molecule has 0 aliphatic heterocycles. The van der Waals surface area contributed by atoms with Gasteiger partial charge in [-0.25, -0.2) is 0 Å². The molecule has 0 spiro atoms. The smallest absolute Gasteiger partial charge is 0.124 e. The van der Waals surface area contributed by atoms with Gasteiger partial charge in [-0.1, -0.05) is 12.1 Å². The number of hydrogen-bond acceptors (Lipinski definition) is 2. The van der Waals surface area contributed by atoms with Gasteiger partial charge in [0.15, 0.2) is 0 Å². The fourth-order valence-corrected chi connectivity index (χ4v) is 2.24. The van der Waals surface area contributed by atoms with Crippen LogP contribution >= 0.6 is 0 Å². The first-order valence-corrected chi connectivity index (χ1v) is 5.85. The zero-order valence-corrected chi connectivity index (χ0v) is 9.96. The van der Waals surface area contributed by atoms with Crippen LogP contribution in [0.5, 0.6) is 0 Å². The molecule has 1 aromatic rings. The molecular weight excluding hydrogens is 198 g/mol. The third kappa shape index (κ3) is 1.90. The Bertz CT molecular complexity index is 408. The van der Waals surface area contributed by atoms with E-state index < -0.39 is 0 Å². The summed E-state index contributed by atoms with van der Waals surface area (Å²) in [4.78, 5) is 2.38. The summed E-state index contributed by atoms with van der Waals surface area (Å²) in [7, 11) is 0. The van der Waals surface area contributed by atoms with Crippen LogP contribution in [0.25, 0.3) is 0 Å². The average molecular weight is 217 g/mol. The number of nitrogens with one attached hydrogen (secondary N) is 1. The molecule has 3 nitrogen and oxygen atoms in total. The van der Waals surface area contributed by atoms with Crippen LogP contribution in [0.1, 0.15) is 30.9 Å². The van der Waals surface area contributed by atoms with Gasteiger partial charge in [-0.05, 0) is 38.3 Å². The van der Waals surface area contributed by atoms with Gasteiger partial charge in [-0.2, -0.15) is 0 Å². The molecule has 0 saturated heterocycles. The summed E-state index contributed by atoms with van der Waals surface area (Å²) in [5, 5.41) is 7.65. The number of hydrogen-bond donors (Lipinski definition) is 2. The summed E-state index contributed by atoms with van der Waals surface area (Å²) < 4.78 is 0. The minimum Gasteiger partial charge on any atom is -0.384 e. The van der Waals surface area contributed by atoms with Crippen LogP contribution in [0.3, 0.4) is 0 Å². The van der Waals surface area contributed by atoms with E-state index in [1.807, 2.05) is 12.1 Å². The average Bonchev–Trinajstić information content (AvgIpc) is 3.05. The van der Waals surface area contributed by atoms with Crippen LogP contribution in [-0.2, 0) is 0 Å². The van der Waals surface area contributed by atoms with Crippen LogP contribution in [0, 0.1) is 12.3 Å². The number of rotatable bonds is 4. The van der Waals surface area contributed by atoms with Crippen molar-refractivity contribution in [3.8, 4) is 0 Å². The molecule has 0 aromatic heterocycles. The highest BCUT2D eigenvalue weighted by atomic mass is 15.2. The number of anilines is 1. The Labute approximate surface area is 96.8 Å². The minimum absolute atomic E-state index is 0.165. The monoisotopic (exact) mass is 217 g/mol. The van der Waals surface area contributed by atoms with Gasteiger partial charge in [0.25, 0.3) is 0 Å². The van der Waals surface area contributed by atoms with Gasteiger partial charge in [0.05, 0.1) is 5.69 Å². The number of para-hydroxylation sites is 1. The first kappa shape index (κ1) is 11.0. The van der Waals surface area contributed by atoms with Crippen molar-refractivity contribution in [3.63, 3.8) is 0 Å². The highest BCUT2D eigenvalue weighted by molar-refractivity contribution is 6.01. The fraction of sp³-hybridized carbons (Fsp3) is 0.462. The predicted octanol–water partition coefficient (Wildman–Crippen LogP) is 2.27. The van der Waals surface area contributed by atoms with E-state index >= 15 is 0 Å². The first-order chi connectivity index (χ1) is 7.65. The molecule has 3 heteroatoms. The number of benzene rings is 1.